The van der Waals surface area contributed by atoms with Crippen LogP contribution in [-0.2, 0) is 9.53 Å². The van der Waals surface area contributed by atoms with Gasteiger partial charge in [-0.15, -0.1) is 6.42 Å². The number of benzene rings is 2. The van der Waals surface area contributed by atoms with E-state index in [2.05, 4.69) is 25.8 Å². The Hall–Kier alpha value is -4.66. The first-order valence-corrected chi connectivity index (χ1v) is 14.5. The van der Waals surface area contributed by atoms with Crippen LogP contribution in [0.25, 0.3) is 32.9 Å². The zero-order valence-corrected chi connectivity index (χ0v) is 24.6. The minimum atomic E-state index is -0.703. The van der Waals surface area contributed by atoms with Crippen molar-refractivity contribution in [1.29, 1.82) is 0 Å². The second-order valence-corrected chi connectivity index (χ2v) is 10.8. The first-order chi connectivity index (χ1) is 21.4. The molecule has 2 fully saturated rings. The summed E-state index contributed by atoms with van der Waals surface area (Å²) in [6, 6.07) is 7.99. The highest BCUT2D eigenvalue weighted by Gasteiger charge is 2.31. The van der Waals surface area contributed by atoms with Crippen LogP contribution in [0.2, 0.25) is 0 Å². The third-order valence-electron chi connectivity index (χ3n) is 8.30. The van der Waals surface area contributed by atoms with Gasteiger partial charge in [0.2, 0.25) is 5.91 Å². The molecule has 0 bridgehead atoms. The highest BCUT2D eigenvalue weighted by atomic mass is 19.1. The molecule has 2 aromatic carbocycles. The van der Waals surface area contributed by atoms with Crippen LogP contribution in [0.15, 0.2) is 48.7 Å². The largest absolute Gasteiger partial charge is 0.467 e. The molecule has 0 aliphatic carbocycles. The van der Waals surface area contributed by atoms with Crippen molar-refractivity contribution in [3.63, 3.8) is 0 Å². The standard InChI is InChI=1S/C33H32F2N6O3/c1-4-23-26(34)11-10-21-7-5-8-24(28(21)23)30-29(35)31-25(19-36-30)32(38-33(37-31)43-3)39(2)22-12-14-41(20-22)27(42)9-6-13-40-15-17-44-18-16-40/h1,5-11,19,22H,12-18,20H2,2-3H3/b9-6+. The quantitative estimate of drug-likeness (QED) is 0.233. The van der Waals surface area contributed by atoms with Crippen molar-refractivity contribution in [3.8, 4) is 29.6 Å². The number of ether oxygens (including phenoxy) is 2. The Morgan fingerprint density at radius 1 is 1.20 bits per heavy atom. The van der Waals surface area contributed by atoms with Gasteiger partial charge in [0.1, 0.15) is 22.8 Å². The fourth-order valence-corrected chi connectivity index (χ4v) is 5.88. The molecule has 2 aromatic heterocycles. The van der Waals surface area contributed by atoms with E-state index in [-0.39, 0.29) is 34.7 Å². The average molecular weight is 599 g/mol. The molecule has 0 N–H and O–H groups in total. The number of methoxy groups -OCH3 is 1. The van der Waals surface area contributed by atoms with Gasteiger partial charge in [-0.25, -0.2) is 8.78 Å². The fraction of sp³-hybridized carbons (Fsp3) is 0.333. The first-order valence-electron chi connectivity index (χ1n) is 14.5. The lowest BCUT2D eigenvalue weighted by Crippen LogP contribution is -2.37. The maximum Gasteiger partial charge on any atom is 0.318 e. The molecule has 1 unspecified atom stereocenters. The molecule has 2 saturated heterocycles. The minimum absolute atomic E-state index is 0.0105. The topological polar surface area (TPSA) is 83.9 Å². The van der Waals surface area contributed by atoms with E-state index in [1.54, 1.807) is 35.2 Å². The molecule has 0 saturated carbocycles. The summed E-state index contributed by atoms with van der Waals surface area (Å²) in [7, 11) is 3.27. The number of fused-ring (bicyclic) bond motifs is 2. The molecule has 4 heterocycles. The Balaban J connectivity index is 1.29. The van der Waals surface area contributed by atoms with Gasteiger partial charge in [0.05, 0.1) is 31.3 Å². The molecule has 6 rings (SSSR count). The Morgan fingerprint density at radius 2 is 2.02 bits per heavy atom. The van der Waals surface area contributed by atoms with Crippen molar-refractivity contribution >= 4 is 33.4 Å². The number of likely N-dealkylation sites (N-methyl/N-ethyl adjacent to an activating group) is 1. The molecule has 226 valence electrons. The molecule has 44 heavy (non-hydrogen) atoms. The average Bonchev–Trinajstić information content (AvgIpc) is 3.55. The van der Waals surface area contributed by atoms with Crippen molar-refractivity contribution < 1.29 is 23.0 Å². The second kappa shape index (κ2) is 12.5. The molecular weight excluding hydrogens is 566 g/mol. The third-order valence-corrected chi connectivity index (χ3v) is 8.30. The SMILES string of the molecule is C#Cc1c(F)ccc2cccc(-c3ncc4c(N(C)C5CCN(C(=O)/C=C/CN6CCOCC6)C5)nc(OC)nc4c3F)c12. The van der Waals surface area contributed by atoms with Gasteiger partial charge in [0.25, 0.3) is 0 Å². The highest BCUT2D eigenvalue weighted by Crippen LogP contribution is 2.37. The van der Waals surface area contributed by atoms with E-state index in [0.29, 0.717) is 66.8 Å². The maximum absolute atomic E-state index is 16.3. The number of aromatic nitrogens is 3. The first kappa shape index (κ1) is 29.4. The number of nitrogens with zero attached hydrogens (tertiary/aromatic N) is 6. The summed E-state index contributed by atoms with van der Waals surface area (Å²) >= 11 is 0. The predicted molar refractivity (Wildman–Crippen MR) is 164 cm³/mol. The molecule has 2 aliphatic rings. The Morgan fingerprint density at radius 3 is 2.80 bits per heavy atom. The Bertz CT molecular complexity index is 1800. The van der Waals surface area contributed by atoms with Crippen LogP contribution in [0.3, 0.4) is 0 Å². The van der Waals surface area contributed by atoms with Crippen molar-refractivity contribution in [3.05, 3.63) is 65.9 Å². The van der Waals surface area contributed by atoms with E-state index >= 15 is 4.39 Å². The van der Waals surface area contributed by atoms with Crippen molar-refractivity contribution in [2.75, 3.05) is 65.0 Å². The summed E-state index contributed by atoms with van der Waals surface area (Å²) in [5.74, 6) is 1.51. The van der Waals surface area contributed by atoms with Crippen molar-refractivity contribution in [1.82, 2.24) is 24.8 Å². The number of pyridine rings is 1. The van der Waals surface area contributed by atoms with Crippen LogP contribution >= 0.6 is 0 Å². The van der Waals surface area contributed by atoms with Crippen molar-refractivity contribution in [2.24, 2.45) is 0 Å². The van der Waals surface area contributed by atoms with E-state index < -0.39 is 11.6 Å². The Kier molecular flexibility index (Phi) is 8.37. The van der Waals surface area contributed by atoms with E-state index in [1.807, 2.05) is 18.0 Å². The Labute approximate surface area is 254 Å². The zero-order valence-electron chi connectivity index (χ0n) is 24.6. The fourth-order valence-electron chi connectivity index (χ4n) is 5.88. The van der Waals surface area contributed by atoms with E-state index in [0.717, 1.165) is 13.1 Å². The number of carbonyl (C=O) groups excluding carboxylic acids is 1. The van der Waals surface area contributed by atoms with E-state index in [4.69, 9.17) is 15.9 Å². The summed E-state index contributed by atoms with van der Waals surface area (Å²) < 4.78 is 41.7. The summed E-state index contributed by atoms with van der Waals surface area (Å²) in [5, 5.41) is 1.44. The smallest absolute Gasteiger partial charge is 0.318 e. The number of rotatable bonds is 7. The van der Waals surface area contributed by atoms with E-state index in [1.165, 1.54) is 19.4 Å². The van der Waals surface area contributed by atoms with Gasteiger partial charge in [0, 0.05) is 69.0 Å². The summed E-state index contributed by atoms with van der Waals surface area (Å²) in [6.45, 7) is 4.90. The predicted octanol–water partition coefficient (Wildman–Crippen LogP) is 4.04. The van der Waals surface area contributed by atoms with Gasteiger partial charge < -0.3 is 19.3 Å². The van der Waals surface area contributed by atoms with Crippen LogP contribution in [0.4, 0.5) is 14.6 Å². The number of terminal acetylenes is 1. The van der Waals surface area contributed by atoms with Gasteiger partial charge >= 0.3 is 6.01 Å². The molecule has 9 nitrogen and oxygen atoms in total. The molecular formula is C33H32F2N6O3. The second-order valence-electron chi connectivity index (χ2n) is 10.8. The lowest BCUT2D eigenvalue weighted by molar-refractivity contribution is -0.125. The number of carbonyl (C=O) groups is 1. The molecule has 0 radical (unpaired) electrons. The van der Waals surface area contributed by atoms with E-state index in [9.17, 15) is 9.18 Å². The normalized spacial score (nSPS) is 17.4. The van der Waals surface area contributed by atoms with Gasteiger partial charge in [0.15, 0.2) is 5.82 Å². The molecule has 0 spiro atoms. The van der Waals surface area contributed by atoms with Gasteiger partial charge in [-0.3, -0.25) is 14.7 Å². The minimum Gasteiger partial charge on any atom is -0.467 e. The van der Waals surface area contributed by atoms with Crippen LogP contribution < -0.4 is 9.64 Å². The number of amides is 1. The lowest BCUT2D eigenvalue weighted by Gasteiger charge is -2.27. The van der Waals surface area contributed by atoms with Gasteiger partial charge in [-0.05, 0) is 17.9 Å². The molecule has 4 aromatic rings. The van der Waals surface area contributed by atoms with Crippen LogP contribution in [0, 0.1) is 24.0 Å². The van der Waals surface area contributed by atoms with Gasteiger partial charge in [-0.2, -0.15) is 9.97 Å². The number of anilines is 1. The summed E-state index contributed by atoms with van der Waals surface area (Å²) in [4.78, 5) is 32.2. The number of hydrogen-bond acceptors (Lipinski definition) is 8. The molecule has 1 atom stereocenters. The summed E-state index contributed by atoms with van der Waals surface area (Å²) in [5.41, 5.74) is 0.391. The molecule has 2 aliphatic heterocycles. The monoisotopic (exact) mass is 598 g/mol. The number of likely N-dealkylation sites (tertiary alicyclic amines) is 1. The van der Waals surface area contributed by atoms with Crippen LogP contribution in [0.5, 0.6) is 6.01 Å². The zero-order chi connectivity index (χ0) is 30.8. The summed E-state index contributed by atoms with van der Waals surface area (Å²) in [6.07, 6.45) is 11.4. The maximum atomic E-state index is 16.3. The number of morpholine rings is 1. The van der Waals surface area contributed by atoms with Crippen molar-refractivity contribution in [2.45, 2.75) is 12.5 Å². The number of halogens is 2. The highest BCUT2D eigenvalue weighted by molar-refractivity contribution is 6.02. The molecule has 11 heteroatoms. The number of hydrogen-bond donors (Lipinski definition) is 0. The third kappa shape index (κ3) is 5.54. The molecule has 1 amide bonds. The van der Waals surface area contributed by atoms with Gasteiger partial charge in [-0.1, -0.05) is 36.3 Å². The van der Waals surface area contributed by atoms with Crippen LogP contribution in [0.1, 0.15) is 12.0 Å². The lowest BCUT2D eigenvalue weighted by atomic mass is 9.96. The van der Waals surface area contributed by atoms with Crippen LogP contribution in [-0.4, -0.2) is 96.8 Å².